The standard InChI is InChI=1S/C21H23N3OS/c1-4-11-25-20-8-6-5-7-18(20)13-22-24-21-23-19(14-26-21)17-10-9-15(2)16(3)12-17/h5-10,12-14H,4,11H2,1-3H3,(H,23,24)/b22-13-. The number of nitrogens with zero attached hydrogens (tertiary/aromatic N) is 2. The van der Waals surface area contributed by atoms with Crippen LogP contribution in [0.2, 0.25) is 0 Å². The van der Waals surface area contributed by atoms with Crippen molar-refractivity contribution in [2.45, 2.75) is 27.2 Å². The first kappa shape index (κ1) is 18.1. The predicted molar refractivity (Wildman–Crippen MR) is 110 cm³/mol. The molecule has 4 nitrogen and oxygen atoms in total. The number of benzene rings is 2. The van der Waals surface area contributed by atoms with Gasteiger partial charge in [0.2, 0.25) is 5.13 Å². The Balaban J connectivity index is 1.68. The zero-order chi connectivity index (χ0) is 18.4. The molecule has 0 radical (unpaired) electrons. The monoisotopic (exact) mass is 365 g/mol. The summed E-state index contributed by atoms with van der Waals surface area (Å²) in [7, 11) is 0. The maximum atomic E-state index is 5.74. The van der Waals surface area contributed by atoms with Crippen LogP contribution in [0.3, 0.4) is 0 Å². The first-order valence-corrected chi connectivity index (χ1v) is 9.59. The number of anilines is 1. The van der Waals surface area contributed by atoms with Gasteiger partial charge in [-0.3, -0.25) is 5.43 Å². The van der Waals surface area contributed by atoms with E-state index in [4.69, 9.17) is 4.74 Å². The van der Waals surface area contributed by atoms with Crippen molar-refractivity contribution in [3.63, 3.8) is 0 Å². The molecule has 0 spiro atoms. The molecular weight excluding hydrogens is 342 g/mol. The molecule has 5 heteroatoms. The van der Waals surface area contributed by atoms with Crippen molar-refractivity contribution >= 4 is 22.7 Å². The third-order valence-electron chi connectivity index (χ3n) is 4.05. The maximum Gasteiger partial charge on any atom is 0.203 e. The van der Waals surface area contributed by atoms with Crippen molar-refractivity contribution in [1.29, 1.82) is 0 Å². The molecule has 0 unspecified atom stereocenters. The Bertz CT molecular complexity index is 902. The second-order valence-electron chi connectivity index (χ2n) is 6.09. The van der Waals surface area contributed by atoms with Gasteiger partial charge in [0.15, 0.2) is 0 Å². The van der Waals surface area contributed by atoms with Crippen LogP contribution < -0.4 is 10.2 Å². The Hall–Kier alpha value is -2.66. The highest BCUT2D eigenvalue weighted by Crippen LogP contribution is 2.26. The fourth-order valence-electron chi connectivity index (χ4n) is 2.45. The highest BCUT2D eigenvalue weighted by atomic mass is 32.1. The topological polar surface area (TPSA) is 46.5 Å². The van der Waals surface area contributed by atoms with Crippen molar-refractivity contribution in [2.24, 2.45) is 5.10 Å². The second kappa shape index (κ2) is 8.63. The third kappa shape index (κ3) is 4.49. The fraction of sp³-hybridized carbons (Fsp3) is 0.238. The number of hydrazone groups is 1. The quantitative estimate of drug-likeness (QED) is 0.434. The molecule has 0 saturated heterocycles. The van der Waals surface area contributed by atoms with Gasteiger partial charge in [-0.1, -0.05) is 31.2 Å². The molecule has 0 amide bonds. The van der Waals surface area contributed by atoms with Crippen LogP contribution in [0.15, 0.2) is 52.9 Å². The molecule has 0 aliphatic rings. The van der Waals surface area contributed by atoms with Crippen molar-refractivity contribution in [2.75, 3.05) is 12.0 Å². The lowest BCUT2D eigenvalue weighted by Crippen LogP contribution is -1.99. The van der Waals surface area contributed by atoms with E-state index in [0.717, 1.165) is 34.1 Å². The first-order chi connectivity index (χ1) is 12.7. The lowest BCUT2D eigenvalue weighted by Gasteiger charge is -2.07. The second-order valence-corrected chi connectivity index (χ2v) is 6.95. The summed E-state index contributed by atoms with van der Waals surface area (Å²) in [4.78, 5) is 4.62. The Kier molecular flexibility index (Phi) is 6.02. The molecule has 1 heterocycles. The molecule has 0 fully saturated rings. The van der Waals surface area contributed by atoms with Crippen LogP contribution in [-0.2, 0) is 0 Å². The molecule has 0 aliphatic heterocycles. The molecule has 0 aliphatic carbocycles. The van der Waals surface area contributed by atoms with Gasteiger partial charge in [0, 0.05) is 16.5 Å². The number of hydrogen-bond acceptors (Lipinski definition) is 5. The molecule has 2 aromatic carbocycles. The Morgan fingerprint density at radius 3 is 2.81 bits per heavy atom. The molecule has 0 saturated carbocycles. The first-order valence-electron chi connectivity index (χ1n) is 8.71. The molecule has 3 aromatic rings. The molecular formula is C21H23N3OS. The normalized spacial score (nSPS) is 11.0. The summed E-state index contributed by atoms with van der Waals surface area (Å²) in [5.74, 6) is 0.842. The number of hydrogen-bond donors (Lipinski definition) is 1. The number of nitrogens with one attached hydrogen (secondary N) is 1. The van der Waals surface area contributed by atoms with Crippen molar-refractivity contribution in [3.8, 4) is 17.0 Å². The van der Waals surface area contributed by atoms with Crippen LogP contribution in [0.1, 0.15) is 30.0 Å². The smallest absolute Gasteiger partial charge is 0.203 e. The zero-order valence-electron chi connectivity index (χ0n) is 15.3. The fourth-order valence-corrected chi connectivity index (χ4v) is 3.11. The SMILES string of the molecule is CCCOc1ccccc1/C=N\Nc1nc(-c2ccc(C)c(C)c2)cs1. The molecule has 1 aromatic heterocycles. The van der Waals surface area contributed by atoms with Crippen LogP contribution in [0.5, 0.6) is 5.75 Å². The van der Waals surface area contributed by atoms with Crippen molar-refractivity contribution in [1.82, 2.24) is 4.98 Å². The summed E-state index contributed by atoms with van der Waals surface area (Å²) in [6.45, 7) is 7.02. The third-order valence-corrected chi connectivity index (χ3v) is 4.80. The van der Waals surface area contributed by atoms with Gasteiger partial charge in [-0.05, 0) is 49.6 Å². The summed E-state index contributed by atoms with van der Waals surface area (Å²) in [5.41, 5.74) is 8.60. The summed E-state index contributed by atoms with van der Waals surface area (Å²) in [6, 6.07) is 14.3. The zero-order valence-corrected chi connectivity index (χ0v) is 16.1. The van der Waals surface area contributed by atoms with Crippen molar-refractivity contribution < 1.29 is 4.74 Å². The maximum absolute atomic E-state index is 5.74. The number of rotatable bonds is 7. The molecule has 26 heavy (non-hydrogen) atoms. The van der Waals surface area contributed by atoms with Crippen LogP contribution in [-0.4, -0.2) is 17.8 Å². The van der Waals surface area contributed by atoms with E-state index >= 15 is 0 Å². The van der Waals surface area contributed by atoms with Crippen LogP contribution >= 0.6 is 11.3 Å². The van der Waals surface area contributed by atoms with Crippen LogP contribution in [0.4, 0.5) is 5.13 Å². The van der Waals surface area contributed by atoms with Gasteiger partial charge in [-0.15, -0.1) is 11.3 Å². The highest BCUT2D eigenvalue weighted by Gasteiger charge is 2.05. The molecule has 134 valence electrons. The van der Waals surface area contributed by atoms with E-state index < -0.39 is 0 Å². The lowest BCUT2D eigenvalue weighted by molar-refractivity contribution is 0.317. The Labute approximate surface area is 158 Å². The average molecular weight is 366 g/mol. The Morgan fingerprint density at radius 2 is 2.00 bits per heavy atom. The molecule has 1 N–H and O–H groups in total. The van der Waals surface area contributed by atoms with E-state index in [2.05, 4.69) is 54.5 Å². The van der Waals surface area contributed by atoms with Crippen LogP contribution in [0.25, 0.3) is 11.3 Å². The minimum atomic E-state index is 0.699. The number of aromatic nitrogens is 1. The predicted octanol–water partition coefficient (Wildman–Crippen LogP) is 5.66. The van der Waals surface area contributed by atoms with E-state index in [1.165, 1.54) is 11.1 Å². The van der Waals surface area contributed by atoms with Gasteiger partial charge in [-0.25, -0.2) is 4.98 Å². The summed E-state index contributed by atoms with van der Waals surface area (Å²) in [6.07, 6.45) is 2.74. The van der Waals surface area contributed by atoms with E-state index in [1.807, 2.05) is 29.6 Å². The van der Waals surface area contributed by atoms with Crippen LogP contribution in [0, 0.1) is 13.8 Å². The highest BCUT2D eigenvalue weighted by molar-refractivity contribution is 7.14. The minimum Gasteiger partial charge on any atom is -0.493 e. The molecule has 3 rings (SSSR count). The number of thiazole rings is 1. The number of para-hydroxylation sites is 1. The van der Waals surface area contributed by atoms with E-state index in [-0.39, 0.29) is 0 Å². The number of ether oxygens (including phenoxy) is 1. The van der Waals surface area contributed by atoms with Gasteiger partial charge in [0.05, 0.1) is 18.5 Å². The number of aryl methyl sites for hydroxylation is 2. The van der Waals surface area contributed by atoms with Gasteiger partial charge in [0.1, 0.15) is 5.75 Å². The molecule has 0 bridgehead atoms. The van der Waals surface area contributed by atoms with Crippen molar-refractivity contribution in [3.05, 3.63) is 64.5 Å². The summed E-state index contributed by atoms with van der Waals surface area (Å²) >= 11 is 1.54. The van der Waals surface area contributed by atoms with Gasteiger partial charge in [0.25, 0.3) is 0 Å². The van der Waals surface area contributed by atoms with E-state index in [9.17, 15) is 0 Å². The van der Waals surface area contributed by atoms with E-state index in [0.29, 0.717) is 6.61 Å². The summed E-state index contributed by atoms with van der Waals surface area (Å²) in [5, 5.41) is 7.12. The minimum absolute atomic E-state index is 0.699. The Morgan fingerprint density at radius 1 is 1.15 bits per heavy atom. The van der Waals surface area contributed by atoms with Gasteiger partial charge in [-0.2, -0.15) is 5.10 Å². The average Bonchev–Trinajstić information content (AvgIpc) is 3.12. The van der Waals surface area contributed by atoms with Gasteiger partial charge < -0.3 is 4.74 Å². The largest absolute Gasteiger partial charge is 0.493 e. The summed E-state index contributed by atoms with van der Waals surface area (Å²) < 4.78 is 5.74. The lowest BCUT2D eigenvalue weighted by atomic mass is 10.1. The van der Waals surface area contributed by atoms with Gasteiger partial charge >= 0.3 is 0 Å². The van der Waals surface area contributed by atoms with E-state index in [1.54, 1.807) is 17.6 Å². The molecule has 0 atom stereocenters.